The molecule has 2 bridgehead atoms. The number of aryl methyl sites for hydroxylation is 1. The van der Waals surface area contributed by atoms with Crippen LogP contribution in [0.2, 0.25) is 0 Å². The maximum atomic E-state index is 12.5. The number of nitrogens with one attached hydrogen (secondary N) is 1. The topological polar surface area (TPSA) is 49.4 Å². The molecule has 2 heterocycles. The van der Waals surface area contributed by atoms with E-state index in [9.17, 15) is 8.42 Å². The van der Waals surface area contributed by atoms with Crippen molar-refractivity contribution in [2.45, 2.75) is 50.2 Å². The number of piperidine rings is 1. The number of rotatable bonds is 5. The summed E-state index contributed by atoms with van der Waals surface area (Å²) in [4.78, 5) is 0. The van der Waals surface area contributed by atoms with Crippen molar-refractivity contribution in [3.05, 3.63) is 35.9 Å². The summed E-state index contributed by atoms with van der Waals surface area (Å²) in [5.74, 6) is 0.201. The molecule has 0 radical (unpaired) electrons. The zero-order valence-electron chi connectivity index (χ0n) is 12.9. The second-order valence-corrected chi connectivity index (χ2v) is 8.48. The fourth-order valence-electron chi connectivity index (χ4n) is 3.59. The third-order valence-corrected chi connectivity index (χ3v) is 6.79. The fourth-order valence-corrected chi connectivity index (χ4v) is 4.99. The lowest BCUT2D eigenvalue weighted by atomic mass is 10.0. The average molecular weight is 345 g/mol. The highest BCUT2D eigenvalue weighted by atomic mass is 35.5. The molecular weight excluding hydrogens is 320 g/mol. The minimum absolute atomic E-state index is 0. The van der Waals surface area contributed by atoms with Crippen LogP contribution in [0.5, 0.6) is 0 Å². The van der Waals surface area contributed by atoms with Crippen LogP contribution in [0.1, 0.15) is 31.2 Å². The highest BCUT2D eigenvalue weighted by Crippen LogP contribution is 2.30. The molecule has 0 amide bonds. The van der Waals surface area contributed by atoms with Crippen LogP contribution >= 0.6 is 12.4 Å². The first-order valence-corrected chi connectivity index (χ1v) is 9.41. The van der Waals surface area contributed by atoms with Crippen LogP contribution in [0.4, 0.5) is 0 Å². The van der Waals surface area contributed by atoms with Crippen LogP contribution in [0.25, 0.3) is 0 Å². The zero-order chi connectivity index (χ0) is 14.9. The minimum Gasteiger partial charge on any atom is -0.311 e. The van der Waals surface area contributed by atoms with Crippen LogP contribution in [-0.4, -0.2) is 43.6 Å². The van der Waals surface area contributed by atoms with E-state index < -0.39 is 10.0 Å². The summed E-state index contributed by atoms with van der Waals surface area (Å²) < 4.78 is 26.7. The summed E-state index contributed by atoms with van der Waals surface area (Å²) in [5, 5.41) is 3.56. The summed E-state index contributed by atoms with van der Waals surface area (Å²) in [6, 6.07) is 11.0. The summed E-state index contributed by atoms with van der Waals surface area (Å²) in [7, 11) is -1.41. The molecule has 22 heavy (non-hydrogen) atoms. The lowest BCUT2D eigenvalue weighted by Crippen LogP contribution is -2.49. The van der Waals surface area contributed by atoms with E-state index in [1.807, 2.05) is 30.3 Å². The average Bonchev–Trinajstić information content (AvgIpc) is 2.84. The third kappa shape index (κ3) is 4.02. The first-order valence-electron chi connectivity index (χ1n) is 7.80. The number of hydrogen-bond donors (Lipinski definition) is 1. The highest BCUT2D eigenvalue weighted by Gasteiger charge is 2.38. The number of halogens is 1. The molecule has 2 unspecified atom stereocenters. The van der Waals surface area contributed by atoms with Gasteiger partial charge in [0.25, 0.3) is 0 Å². The number of hydrogen-bond acceptors (Lipinski definition) is 3. The molecule has 2 aliphatic rings. The third-order valence-electron chi connectivity index (χ3n) is 4.89. The molecule has 2 atom stereocenters. The molecular formula is C16H25ClN2O2S. The highest BCUT2D eigenvalue weighted by molar-refractivity contribution is 7.89. The molecule has 124 valence electrons. The molecule has 2 saturated heterocycles. The second kappa shape index (κ2) is 7.30. The quantitative estimate of drug-likeness (QED) is 0.890. The largest absolute Gasteiger partial charge is 0.311 e. The number of fused-ring (bicyclic) bond motifs is 2. The Kier molecular flexibility index (Phi) is 5.88. The molecule has 3 rings (SSSR count). The van der Waals surface area contributed by atoms with Crippen molar-refractivity contribution >= 4 is 22.4 Å². The molecule has 1 aromatic carbocycles. The van der Waals surface area contributed by atoms with Gasteiger partial charge in [-0.25, -0.2) is 12.7 Å². The van der Waals surface area contributed by atoms with E-state index >= 15 is 0 Å². The molecule has 0 saturated carbocycles. The van der Waals surface area contributed by atoms with Crippen molar-refractivity contribution in [2.24, 2.45) is 0 Å². The Morgan fingerprint density at radius 2 is 1.73 bits per heavy atom. The Balaban J connectivity index is 0.00000176. The van der Waals surface area contributed by atoms with Gasteiger partial charge in [0.05, 0.1) is 5.75 Å². The normalized spacial score (nSPS) is 27.6. The Bertz CT molecular complexity index is 567. The lowest BCUT2D eigenvalue weighted by Gasteiger charge is -2.34. The van der Waals surface area contributed by atoms with E-state index in [1.54, 1.807) is 11.4 Å². The van der Waals surface area contributed by atoms with Crippen LogP contribution < -0.4 is 5.32 Å². The van der Waals surface area contributed by atoms with Crippen molar-refractivity contribution in [3.8, 4) is 0 Å². The number of benzene rings is 1. The van der Waals surface area contributed by atoms with E-state index in [0.29, 0.717) is 18.5 Å². The fraction of sp³-hybridized carbons (Fsp3) is 0.625. The maximum Gasteiger partial charge on any atom is 0.214 e. The van der Waals surface area contributed by atoms with Crippen molar-refractivity contribution in [3.63, 3.8) is 0 Å². The maximum absolute atomic E-state index is 12.5. The van der Waals surface area contributed by atoms with Gasteiger partial charge in [-0.05, 0) is 37.7 Å². The van der Waals surface area contributed by atoms with Crippen molar-refractivity contribution < 1.29 is 8.42 Å². The van der Waals surface area contributed by atoms with E-state index in [4.69, 9.17) is 0 Å². The van der Waals surface area contributed by atoms with Gasteiger partial charge in [0.1, 0.15) is 0 Å². The van der Waals surface area contributed by atoms with E-state index in [2.05, 4.69) is 5.32 Å². The van der Waals surface area contributed by atoms with Crippen molar-refractivity contribution in [2.75, 3.05) is 12.8 Å². The summed E-state index contributed by atoms with van der Waals surface area (Å²) in [5.41, 5.74) is 1.08. The van der Waals surface area contributed by atoms with E-state index in [-0.39, 0.29) is 24.2 Å². The first-order chi connectivity index (χ1) is 10.0. The predicted octanol–water partition coefficient (Wildman–Crippen LogP) is 2.20. The van der Waals surface area contributed by atoms with Crippen LogP contribution in [-0.2, 0) is 16.4 Å². The molecule has 1 N–H and O–H groups in total. The lowest BCUT2D eigenvalue weighted by molar-refractivity contribution is 0.251. The molecule has 0 aliphatic carbocycles. The molecule has 0 spiro atoms. The SMILES string of the molecule is CN(C1CC2CCC(C1)N2)S(=O)(=O)CCc1ccccc1.Cl. The standard InChI is InChI=1S/C16H24N2O2S.ClH/c1-18(16-11-14-7-8-15(12-16)17-14)21(19,20)10-9-13-5-3-2-4-6-13;/h2-6,14-17H,7-12H2,1H3;1H. The van der Waals surface area contributed by atoms with Crippen molar-refractivity contribution in [1.29, 1.82) is 0 Å². The molecule has 2 fully saturated rings. The van der Waals surface area contributed by atoms with Gasteiger partial charge in [-0.1, -0.05) is 30.3 Å². The van der Waals surface area contributed by atoms with E-state index in [0.717, 1.165) is 18.4 Å². The second-order valence-electron chi connectivity index (χ2n) is 6.33. The van der Waals surface area contributed by atoms with Gasteiger partial charge in [0, 0.05) is 25.2 Å². The van der Waals surface area contributed by atoms with Crippen LogP contribution in [0.3, 0.4) is 0 Å². The van der Waals surface area contributed by atoms with Gasteiger partial charge in [0.2, 0.25) is 10.0 Å². The zero-order valence-corrected chi connectivity index (χ0v) is 14.6. The summed E-state index contributed by atoms with van der Waals surface area (Å²) >= 11 is 0. The van der Waals surface area contributed by atoms with Crippen LogP contribution in [0, 0.1) is 0 Å². The Hall–Kier alpha value is -0.620. The number of nitrogens with zero attached hydrogens (tertiary/aromatic N) is 1. The van der Waals surface area contributed by atoms with Gasteiger partial charge in [-0.15, -0.1) is 12.4 Å². The molecule has 4 nitrogen and oxygen atoms in total. The number of sulfonamides is 1. The Morgan fingerprint density at radius 3 is 2.32 bits per heavy atom. The van der Waals surface area contributed by atoms with Crippen molar-refractivity contribution in [1.82, 2.24) is 9.62 Å². The summed E-state index contributed by atoms with van der Waals surface area (Å²) in [6.45, 7) is 0. The Morgan fingerprint density at radius 1 is 1.14 bits per heavy atom. The van der Waals surface area contributed by atoms with Crippen LogP contribution in [0.15, 0.2) is 30.3 Å². The van der Waals surface area contributed by atoms with Gasteiger partial charge >= 0.3 is 0 Å². The van der Waals surface area contributed by atoms with Gasteiger partial charge in [0.15, 0.2) is 0 Å². The predicted molar refractivity (Wildman–Crippen MR) is 91.9 cm³/mol. The monoisotopic (exact) mass is 344 g/mol. The molecule has 0 aromatic heterocycles. The van der Waals surface area contributed by atoms with Gasteiger partial charge in [-0.2, -0.15) is 0 Å². The van der Waals surface area contributed by atoms with E-state index in [1.165, 1.54) is 12.8 Å². The summed E-state index contributed by atoms with van der Waals surface area (Å²) in [6.07, 6.45) is 4.89. The molecule has 1 aromatic rings. The molecule has 2 aliphatic heterocycles. The first kappa shape index (κ1) is 17.7. The molecule has 6 heteroatoms. The Labute approximate surface area is 139 Å². The smallest absolute Gasteiger partial charge is 0.214 e. The van der Waals surface area contributed by atoms with Gasteiger partial charge < -0.3 is 5.32 Å². The van der Waals surface area contributed by atoms with Gasteiger partial charge in [-0.3, -0.25) is 0 Å². The minimum atomic E-state index is -3.17.